The zero-order valence-corrected chi connectivity index (χ0v) is 11.3. The fourth-order valence-corrected chi connectivity index (χ4v) is 2.01. The van der Waals surface area contributed by atoms with Crippen LogP contribution < -0.4 is 5.32 Å². The lowest BCUT2D eigenvalue weighted by Gasteiger charge is -2.41. The maximum atomic E-state index is 11.6. The second kappa shape index (κ2) is 6.38. The van der Waals surface area contributed by atoms with Gasteiger partial charge in [0.25, 0.3) is 0 Å². The third-order valence-corrected chi connectivity index (χ3v) is 3.35. The summed E-state index contributed by atoms with van der Waals surface area (Å²) >= 11 is 0. The minimum Gasteiger partial charge on any atom is -0.480 e. The van der Waals surface area contributed by atoms with Crippen LogP contribution in [0.15, 0.2) is 30.3 Å². The molecule has 1 amide bonds. The second-order valence-corrected chi connectivity index (χ2v) is 4.87. The summed E-state index contributed by atoms with van der Waals surface area (Å²) in [6, 6.07) is 8.87. The number of carbonyl (C=O) groups excluding carboxylic acids is 1. The number of hydrogen-bond acceptors (Lipinski definition) is 4. The van der Waals surface area contributed by atoms with Crippen molar-refractivity contribution in [2.24, 2.45) is 0 Å². The van der Waals surface area contributed by atoms with Gasteiger partial charge in [-0.05, 0) is 12.5 Å². The molecule has 1 unspecified atom stereocenters. The molecule has 20 heavy (non-hydrogen) atoms. The highest BCUT2D eigenvalue weighted by Gasteiger charge is 2.34. The molecule has 1 fully saturated rings. The number of benzene rings is 1. The molecule has 1 aliphatic rings. The highest BCUT2D eigenvalue weighted by Crippen LogP contribution is 2.12. The summed E-state index contributed by atoms with van der Waals surface area (Å²) in [5.74, 6) is -0.852. The molecule has 1 aliphatic heterocycles. The van der Waals surface area contributed by atoms with E-state index >= 15 is 0 Å². The Morgan fingerprint density at radius 1 is 1.40 bits per heavy atom. The molecule has 1 aromatic carbocycles. The van der Waals surface area contributed by atoms with E-state index in [1.807, 2.05) is 30.3 Å². The van der Waals surface area contributed by atoms with Gasteiger partial charge in [0.1, 0.15) is 12.6 Å². The minimum absolute atomic E-state index is 0.0416. The average molecular weight is 278 g/mol. The monoisotopic (exact) mass is 278 g/mol. The normalized spacial score (nSPS) is 17.1. The molecule has 108 valence electrons. The predicted octanol–water partition coefficient (Wildman–Crippen LogP) is 1.07. The first-order valence-corrected chi connectivity index (χ1v) is 6.50. The number of amides is 1. The van der Waals surface area contributed by atoms with Crippen LogP contribution in [0.1, 0.15) is 12.5 Å². The summed E-state index contributed by atoms with van der Waals surface area (Å²) in [6.07, 6.45) is -0.471. The number of carbonyl (C=O) groups is 2. The van der Waals surface area contributed by atoms with E-state index in [1.165, 1.54) is 0 Å². The van der Waals surface area contributed by atoms with Gasteiger partial charge >= 0.3 is 12.1 Å². The number of likely N-dealkylation sites (tertiary alicyclic amines) is 1. The number of alkyl carbamates (subject to hydrolysis) is 1. The lowest BCUT2D eigenvalue weighted by atomic mass is 10.1. The van der Waals surface area contributed by atoms with Gasteiger partial charge in [-0.15, -0.1) is 0 Å². The van der Waals surface area contributed by atoms with Gasteiger partial charge in [-0.2, -0.15) is 0 Å². The molecular weight excluding hydrogens is 260 g/mol. The Hall–Kier alpha value is -2.08. The highest BCUT2D eigenvalue weighted by atomic mass is 16.5. The Balaban J connectivity index is 1.66. The first-order chi connectivity index (χ1) is 9.56. The van der Waals surface area contributed by atoms with Crippen LogP contribution in [0.3, 0.4) is 0 Å². The van der Waals surface area contributed by atoms with Crippen LogP contribution in [0.25, 0.3) is 0 Å². The zero-order valence-electron chi connectivity index (χ0n) is 11.3. The van der Waals surface area contributed by atoms with Gasteiger partial charge in [0.2, 0.25) is 0 Å². The van der Waals surface area contributed by atoms with Crippen molar-refractivity contribution in [3.8, 4) is 0 Å². The number of nitrogens with one attached hydrogen (secondary N) is 1. The fraction of sp³-hybridized carbons (Fsp3) is 0.429. The molecule has 0 saturated carbocycles. The Morgan fingerprint density at radius 2 is 2.05 bits per heavy atom. The van der Waals surface area contributed by atoms with Gasteiger partial charge in [-0.1, -0.05) is 30.3 Å². The molecule has 2 N–H and O–H groups in total. The molecule has 6 nitrogen and oxygen atoms in total. The number of nitrogens with zero attached hydrogens (tertiary/aromatic N) is 1. The summed E-state index contributed by atoms with van der Waals surface area (Å²) in [5, 5.41) is 11.6. The van der Waals surface area contributed by atoms with Crippen LogP contribution in [0, 0.1) is 0 Å². The van der Waals surface area contributed by atoms with Crippen LogP contribution in [-0.2, 0) is 16.1 Å². The van der Waals surface area contributed by atoms with Crippen LogP contribution >= 0.6 is 0 Å². The summed E-state index contributed by atoms with van der Waals surface area (Å²) < 4.78 is 5.09. The predicted molar refractivity (Wildman–Crippen MR) is 72.2 cm³/mol. The summed E-state index contributed by atoms with van der Waals surface area (Å²) in [6.45, 7) is 2.93. The maximum absolute atomic E-state index is 11.6. The lowest BCUT2D eigenvalue weighted by Crippen LogP contribution is -2.63. The Morgan fingerprint density at radius 3 is 2.65 bits per heavy atom. The Kier molecular flexibility index (Phi) is 4.57. The average Bonchev–Trinajstić information content (AvgIpc) is 2.40. The van der Waals surface area contributed by atoms with E-state index < -0.39 is 18.1 Å². The minimum atomic E-state index is -0.852. The van der Waals surface area contributed by atoms with Gasteiger partial charge in [-0.25, -0.2) is 4.79 Å². The standard InChI is InChI=1S/C14H18N2O4/c1-10(13(17)18)16-7-12(8-16)15-14(19)20-9-11-5-3-2-4-6-11/h2-6,10,12H,7-9H2,1H3,(H,15,19)(H,17,18). The van der Waals surface area contributed by atoms with Gasteiger partial charge in [-0.3, -0.25) is 9.69 Å². The van der Waals surface area contributed by atoms with Crippen LogP contribution in [0.4, 0.5) is 4.79 Å². The van der Waals surface area contributed by atoms with Crippen molar-refractivity contribution in [1.82, 2.24) is 10.2 Å². The van der Waals surface area contributed by atoms with E-state index in [1.54, 1.807) is 11.8 Å². The number of ether oxygens (including phenoxy) is 1. The highest BCUT2D eigenvalue weighted by molar-refractivity contribution is 5.73. The van der Waals surface area contributed by atoms with Crippen molar-refractivity contribution in [1.29, 1.82) is 0 Å². The first kappa shape index (κ1) is 14.3. The van der Waals surface area contributed by atoms with E-state index in [-0.39, 0.29) is 12.6 Å². The molecule has 1 aromatic rings. The fourth-order valence-electron chi connectivity index (χ4n) is 2.01. The lowest BCUT2D eigenvalue weighted by molar-refractivity contribution is -0.144. The SMILES string of the molecule is CC(C(=O)O)N1CC(NC(=O)OCc2ccccc2)C1. The van der Waals surface area contributed by atoms with Gasteiger partial charge < -0.3 is 15.2 Å². The van der Waals surface area contributed by atoms with Gasteiger partial charge in [0, 0.05) is 13.1 Å². The zero-order chi connectivity index (χ0) is 14.5. The van der Waals surface area contributed by atoms with Crippen molar-refractivity contribution >= 4 is 12.1 Å². The smallest absolute Gasteiger partial charge is 0.407 e. The van der Waals surface area contributed by atoms with Crippen LogP contribution in [0.2, 0.25) is 0 Å². The van der Waals surface area contributed by atoms with Crippen LogP contribution in [0.5, 0.6) is 0 Å². The number of hydrogen-bond donors (Lipinski definition) is 2. The Bertz CT molecular complexity index is 471. The van der Waals surface area contributed by atoms with E-state index in [0.29, 0.717) is 13.1 Å². The summed E-state index contributed by atoms with van der Waals surface area (Å²) in [4.78, 5) is 24.1. The molecule has 0 aromatic heterocycles. The van der Waals surface area contributed by atoms with Crippen molar-refractivity contribution in [2.75, 3.05) is 13.1 Å². The number of aliphatic carboxylic acids is 1. The topological polar surface area (TPSA) is 78.9 Å². The molecule has 0 bridgehead atoms. The quantitative estimate of drug-likeness (QED) is 0.842. The van der Waals surface area contributed by atoms with Crippen molar-refractivity contribution in [3.05, 3.63) is 35.9 Å². The number of carboxylic acids is 1. The summed E-state index contributed by atoms with van der Waals surface area (Å²) in [5.41, 5.74) is 0.928. The van der Waals surface area contributed by atoms with E-state index in [9.17, 15) is 9.59 Å². The first-order valence-electron chi connectivity index (χ1n) is 6.50. The molecule has 1 atom stereocenters. The van der Waals surface area contributed by atoms with Gasteiger partial charge in [0.15, 0.2) is 0 Å². The molecular formula is C14H18N2O4. The Labute approximate surface area is 117 Å². The molecule has 0 spiro atoms. The largest absolute Gasteiger partial charge is 0.480 e. The van der Waals surface area contributed by atoms with Crippen molar-refractivity contribution in [3.63, 3.8) is 0 Å². The number of carboxylic acid groups (broad SMARTS) is 1. The molecule has 1 heterocycles. The summed E-state index contributed by atoms with van der Waals surface area (Å²) in [7, 11) is 0. The van der Waals surface area contributed by atoms with E-state index in [0.717, 1.165) is 5.56 Å². The molecule has 2 rings (SSSR count). The van der Waals surface area contributed by atoms with Crippen molar-refractivity contribution in [2.45, 2.75) is 25.6 Å². The molecule has 1 saturated heterocycles. The third-order valence-electron chi connectivity index (χ3n) is 3.35. The van der Waals surface area contributed by atoms with Crippen LogP contribution in [-0.4, -0.2) is 47.2 Å². The molecule has 0 aliphatic carbocycles. The second-order valence-electron chi connectivity index (χ2n) is 4.87. The molecule has 0 radical (unpaired) electrons. The van der Waals surface area contributed by atoms with E-state index in [2.05, 4.69) is 5.32 Å². The van der Waals surface area contributed by atoms with Gasteiger partial charge in [0.05, 0.1) is 6.04 Å². The molecule has 6 heteroatoms. The third kappa shape index (κ3) is 3.71. The number of rotatable bonds is 5. The van der Waals surface area contributed by atoms with Crippen molar-refractivity contribution < 1.29 is 19.4 Å². The maximum Gasteiger partial charge on any atom is 0.407 e. The van der Waals surface area contributed by atoms with E-state index in [4.69, 9.17) is 9.84 Å².